The Kier molecular flexibility index (Phi) is 1.23. The van der Waals surface area contributed by atoms with Gasteiger partial charge in [0.25, 0.3) is 0 Å². The van der Waals surface area contributed by atoms with E-state index in [1.807, 2.05) is 0 Å². The van der Waals surface area contributed by atoms with Gasteiger partial charge in [0.05, 0.1) is 0 Å². The summed E-state index contributed by atoms with van der Waals surface area (Å²) in [6, 6.07) is 0. The Labute approximate surface area is 72.7 Å². The largest absolute Gasteiger partial charge is 0.150 e. The topological polar surface area (TPSA) is 29.4 Å². The summed E-state index contributed by atoms with van der Waals surface area (Å²) in [5.74, 6) is 2.57. The van der Waals surface area contributed by atoms with E-state index in [1.54, 1.807) is 0 Å². The molecule has 0 N–H and O–H groups in total. The molecule has 0 atom stereocenters. The molecule has 0 aromatic rings. The molecule has 4 fully saturated rings. The second-order valence-corrected chi connectivity index (χ2v) is 5.23. The molecule has 0 amide bonds. The van der Waals surface area contributed by atoms with Crippen LogP contribution in [0.2, 0.25) is 0 Å². The highest BCUT2D eigenvalue weighted by atomic mass is 18.1. The third-order valence-corrected chi connectivity index (χ3v) is 4.20. The van der Waals surface area contributed by atoms with Crippen LogP contribution in [0.3, 0.4) is 0 Å². The van der Waals surface area contributed by atoms with Crippen LogP contribution in [0.15, 0.2) is 5.18 Å². The molecule has 0 aromatic carbocycles. The first-order valence-corrected chi connectivity index (χ1v) is 5.14. The fourth-order valence-corrected chi connectivity index (χ4v) is 4.18. The van der Waals surface area contributed by atoms with E-state index < -0.39 is 0 Å². The second kappa shape index (κ2) is 2.09. The normalized spacial score (nSPS) is 55.8. The monoisotopic (exact) mass is 167 g/mol. The molecule has 0 radical (unpaired) electrons. The number of hydrogen-bond donors (Lipinski definition) is 0. The van der Waals surface area contributed by atoms with Crippen molar-refractivity contribution in [2.75, 3.05) is 0 Å². The van der Waals surface area contributed by atoms with E-state index >= 15 is 0 Å². The molecule has 2 heteroatoms. The van der Waals surface area contributed by atoms with Crippen LogP contribution in [-0.2, 0) is 0 Å². The van der Waals surface area contributed by atoms with Gasteiger partial charge in [0, 0.05) is 0 Å². The number of rotatable bonds is 1. The van der Waals surface area contributed by atoms with Crippen molar-refractivity contribution in [2.45, 2.75) is 44.1 Å². The summed E-state index contributed by atoms with van der Waals surface area (Å²) in [4.78, 5) is 10.8. The van der Waals surface area contributed by atoms with Crippen molar-refractivity contribution in [1.29, 1.82) is 0 Å². The predicted octanol–water partition coefficient (Wildman–Crippen LogP) is 2.72. The first-order chi connectivity index (χ1) is 5.80. The lowest BCUT2D eigenvalue weighted by atomic mass is 9.53. The molecule has 4 bridgehead atoms. The smallest absolute Gasteiger partial charge is 0.103 e. The van der Waals surface area contributed by atoms with Crippen molar-refractivity contribution in [3.63, 3.8) is 0 Å². The van der Waals surface area contributed by atoms with E-state index in [9.17, 15) is 4.91 Å². The average Bonchev–Trinajstić information content (AvgIpc) is 2.02. The van der Waals surface area contributed by atoms with Crippen molar-refractivity contribution in [2.24, 2.45) is 22.9 Å². The van der Waals surface area contributed by atoms with Crippen LogP contribution in [-0.4, -0.2) is 5.54 Å². The Morgan fingerprint density at radius 2 is 1.33 bits per heavy atom. The third-order valence-electron chi connectivity index (χ3n) is 4.20. The molecule has 4 aliphatic rings. The minimum Gasteiger partial charge on any atom is -0.150 e. The molecule has 2 nitrogen and oxygen atoms in total. The molecule has 0 aromatic heterocycles. The van der Waals surface area contributed by atoms with Crippen LogP contribution >= 0.6 is 0 Å². The minimum atomic E-state index is -0.0885. The average molecular weight is 167 g/mol. The van der Waals surface area contributed by atoms with Crippen LogP contribution in [0.1, 0.15) is 38.5 Å². The first-order valence-electron chi connectivity index (χ1n) is 5.14. The highest BCUT2D eigenvalue weighted by Crippen LogP contribution is 2.57. The molecule has 0 unspecified atom stereocenters. The number of nitroso groups, excluding NO2 is 1. The third kappa shape index (κ3) is 0.810. The van der Waals surface area contributed by atoms with Gasteiger partial charge in [0.1, 0.15) is 5.54 Å². The van der Waals surface area contributed by atoms with Gasteiger partial charge in [-0.25, -0.2) is 0 Å². The van der Waals surface area contributed by atoms with Gasteiger partial charge < -0.3 is 0 Å². The van der Waals surface area contributed by atoms with Gasteiger partial charge in [-0.05, 0) is 56.3 Å². The highest BCUT2D eigenvalue weighted by Gasteiger charge is 2.52. The molecule has 66 valence electrons. The molecule has 4 saturated carbocycles. The van der Waals surface area contributed by atoms with Crippen molar-refractivity contribution >= 4 is 0 Å². The van der Waals surface area contributed by atoms with E-state index in [1.165, 1.54) is 19.3 Å². The van der Waals surface area contributed by atoms with Gasteiger partial charge in [-0.15, -0.1) is 0 Å². The zero-order valence-corrected chi connectivity index (χ0v) is 7.33. The zero-order chi connectivity index (χ0) is 8.18. The number of nitrogens with zero attached hydrogens (tertiary/aromatic N) is 1. The summed E-state index contributed by atoms with van der Waals surface area (Å²) in [7, 11) is 0. The molecule has 0 aliphatic heterocycles. The lowest BCUT2D eigenvalue weighted by molar-refractivity contribution is 0.000826. The van der Waals surface area contributed by atoms with Crippen LogP contribution in [0.5, 0.6) is 0 Å². The maximum absolute atomic E-state index is 10.8. The summed E-state index contributed by atoms with van der Waals surface area (Å²) in [6.07, 6.45) is 7.53. The summed E-state index contributed by atoms with van der Waals surface area (Å²) in [5, 5.41) is 3.43. The molecule has 12 heavy (non-hydrogen) atoms. The fourth-order valence-electron chi connectivity index (χ4n) is 4.18. The van der Waals surface area contributed by atoms with Gasteiger partial charge in [-0.1, -0.05) is 5.18 Å². The Hall–Kier alpha value is -0.400. The Morgan fingerprint density at radius 1 is 0.917 bits per heavy atom. The van der Waals surface area contributed by atoms with Crippen molar-refractivity contribution in [1.82, 2.24) is 0 Å². The van der Waals surface area contributed by atoms with Gasteiger partial charge in [0.2, 0.25) is 0 Å². The fraction of sp³-hybridized carbons (Fsp3) is 1.00. The van der Waals surface area contributed by atoms with Crippen LogP contribution < -0.4 is 0 Å². The van der Waals surface area contributed by atoms with Crippen LogP contribution in [0, 0.1) is 22.7 Å². The molecule has 0 spiro atoms. The summed E-state index contributed by atoms with van der Waals surface area (Å²) < 4.78 is 0. The maximum atomic E-state index is 10.8. The van der Waals surface area contributed by atoms with Gasteiger partial charge >= 0.3 is 0 Å². The van der Waals surface area contributed by atoms with Gasteiger partial charge in [-0.2, -0.15) is 4.91 Å². The Balaban J connectivity index is 1.95. The van der Waals surface area contributed by atoms with E-state index in [0.717, 1.165) is 37.0 Å². The molecule has 4 rings (SSSR count). The summed E-state index contributed by atoms with van der Waals surface area (Å²) in [6.45, 7) is 0. The van der Waals surface area contributed by atoms with E-state index in [-0.39, 0.29) is 5.54 Å². The maximum Gasteiger partial charge on any atom is 0.103 e. The Morgan fingerprint density at radius 3 is 1.67 bits per heavy atom. The predicted molar refractivity (Wildman–Crippen MR) is 46.7 cm³/mol. The Bertz CT molecular complexity index is 189. The molecule has 4 aliphatic carbocycles. The second-order valence-electron chi connectivity index (χ2n) is 5.23. The quantitative estimate of drug-likeness (QED) is 0.436. The molecular weight excluding hydrogens is 152 g/mol. The number of hydrogen-bond acceptors (Lipinski definition) is 2. The first kappa shape index (κ1) is 7.05. The van der Waals surface area contributed by atoms with Crippen LogP contribution in [0.25, 0.3) is 0 Å². The molecular formula is C10H15NO. The van der Waals surface area contributed by atoms with Gasteiger partial charge in [0.15, 0.2) is 0 Å². The van der Waals surface area contributed by atoms with E-state index in [0.29, 0.717) is 0 Å². The highest BCUT2D eigenvalue weighted by molar-refractivity contribution is 5.06. The lowest BCUT2D eigenvalue weighted by Gasteiger charge is -2.53. The molecule has 0 heterocycles. The molecule has 0 saturated heterocycles. The van der Waals surface area contributed by atoms with Crippen LogP contribution in [0.4, 0.5) is 0 Å². The van der Waals surface area contributed by atoms with E-state index in [4.69, 9.17) is 0 Å². The standard InChI is InChI=1S/C10H15NO/c12-11-10-4-7-1-8(5-10)3-9(2-7)6-10/h7-9H,1-6H2/i12+2. The summed E-state index contributed by atoms with van der Waals surface area (Å²) >= 11 is 0. The van der Waals surface area contributed by atoms with Gasteiger partial charge in [-0.3, -0.25) is 0 Å². The summed E-state index contributed by atoms with van der Waals surface area (Å²) in [5.41, 5.74) is -0.0885. The van der Waals surface area contributed by atoms with Crippen molar-refractivity contribution in [3.05, 3.63) is 4.91 Å². The zero-order valence-electron chi connectivity index (χ0n) is 7.33. The van der Waals surface area contributed by atoms with Crippen molar-refractivity contribution in [3.8, 4) is 0 Å². The minimum absolute atomic E-state index is 0.0885. The van der Waals surface area contributed by atoms with E-state index in [2.05, 4.69) is 5.18 Å². The SMILES string of the molecule is [18O]=NC12CC3CC(CC(C3)C1)C2. The lowest BCUT2D eigenvalue weighted by Crippen LogP contribution is -2.49. The van der Waals surface area contributed by atoms with Crippen molar-refractivity contribution < 1.29 is 0 Å².